The maximum Gasteiger partial charge on any atom is 0.191 e. The Morgan fingerprint density at radius 1 is 1.40 bits per heavy atom. The lowest BCUT2D eigenvalue weighted by Crippen LogP contribution is -2.41. The number of aliphatic imine (C=N–C) groups is 1. The lowest BCUT2D eigenvalue weighted by atomic mass is 9.96. The van der Waals surface area contributed by atoms with E-state index in [2.05, 4.69) is 55.7 Å². The van der Waals surface area contributed by atoms with Crippen LogP contribution in [-0.4, -0.2) is 26.1 Å². The molecular formula is C15H19BrIN3. The van der Waals surface area contributed by atoms with Crippen molar-refractivity contribution in [2.24, 2.45) is 4.99 Å². The molecule has 0 heterocycles. The summed E-state index contributed by atoms with van der Waals surface area (Å²) in [6.45, 7) is 1.36. The van der Waals surface area contributed by atoms with E-state index >= 15 is 0 Å². The van der Waals surface area contributed by atoms with Gasteiger partial charge in [-0.25, -0.2) is 0 Å². The first-order valence-corrected chi connectivity index (χ1v) is 7.14. The minimum atomic E-state index is 0. The number of guanidine groups is 1. The molecule has 1 saturated carbocycles. The Labute approximate surface area is 146 Å². The second-order valence-corrected chi connectivity index (χ2v) is 5.60. The van der Waals surface area contributed by atoms with Crippen LogP contribution in [-0.2, 0) is 5.41 Å². The van der Waals surface area contributed by atoms with Gasteiger partial charge in [0.15, 0.2) is 5.96 Å². The Morgan fingerprint density at radius 3 is 2.65 bits per heavy atom. The van der Waals surface area contributed by atoms with Gasteiger partial charge in [0.25, 0.3) is 0 Å². The van der Waals surface area contributed by atoms with Crippen molar-refractivity contribution in [2.45, 2.75) is 18.3 Å². The molecule has 0 saturated heterocycles. The van der Waals surface area contributed by atoms with Gasteiger partial charge in [-0.3, -0.25) is 4.99 Å². The van der Waals surface area contributed by atoms with Crippen molar-refractivity contribution in [1.82, 2.24) is 10.6 Å². The van der Waals surface area contributed by atoms with E-state index in [-0.39, 0.29) is 29.4 Å². The molecule has 2 rings (SSSR count). The standard InChI is InChI=1S/C15H18BrN3.HI/c1-3-10-18-14(17-2)19-11-15(8-9-15)12-6-4-5-7-13(12)16;/h1,4-7H,8-11H2,2H3,(H2,17,18,19);1H. The van der Waals surface area contributed by atoms with Crippen LogP contribution < -0.4 is 10.6 Å². The fraction of sp³-hybridized carbons (Fsp3) is 0.400. The molecule has 0 spiro atoms. The van der Waals surface area contributed by atoms with Crippen LogP contribution in [0.25, 0.3) is 0 Å². The van der Waals surface area contributed by atoms with E-state index < -0.39 is 0 Å². The van der Waals surface area contributed by atoms with E-state index in [1.165, 1.54) is 22.9 Å². The molecule has 0 aromatic heterocycles. The smallest absolute Gasteiger partial charge is 0.191 e. The molecule has 0 unspecified atom stereocenters. The molecule has 0 aliphatic heterocycles. The van der Waals surface area contributed by atoms with Crippen LogP contribution in [0.3, 0.4) is 0 Å². The molecule has 5 heteroatoms. The zero-order chi connectivity index (χ0) is 13.7. The lowest BCUT2D eigenvalue weighted by molar-refractivity contribution is 0.647. The molecule has 0 bridgehead atoms. The first-order chi connectivity index (χ1) is 9.22. The number of terminal acetylenes is 1. The zero-order valence-electron chi connectivity index (χ0n) is 11.4. The van der Waals surface area contributed by atoms with Crippen molar-refractivity contribution < 1.29 is 0 Å². The third-order valence-corrected chi connectivity index (χ3v) is 4.17. The highest BCUT2D eigenvalue weighted by molar-refractivity contribution is 14.0. The summed E-state index contributed by atoms with van der Waals surface area (Å²) in [4.78, 5) is 4.16. The quantitative estimate of drug-likeness (QED) is 0.322. The number of halogens is 2. The van der Waals surface area contributed by atoms with E-state index in [1.54, 1.807) is 7.05 Å². The summed E-state index contributed by atoms with van der Waals surface area (Å²) in [5.41, 5.74) is 1.60. The van der Waals surface area contributed by atoms with E-state index in [0.717, 1.165) is 12.5 Å². The summed E-state index contributed by atoms with van der Waals surface area (Å²) in [6, 6.07) is 8.42. The first-order valence-electron chi connectivity index (χ1n) is 6.35. The highest BCUT2D eigenvalue weighted by Crippen LogP contribution is 2.49. The van der Waals surface area contributed by atoms with Crippen LogP contribution in [0, 0.1) is 12.3 Å². The van der Waals surface area contributed by atoms with E-state index in [4.69, 9.17) is 6.42 Å². The van der Waals surface area contributed by atoms with Gasteiger partial charge in [-0.05, 0) is 24.5 Å². The lowest BCUT2D eigenvalue weighted by Gasteiger charge is -2.19. The molecule has 3 nitrogen and oxygen atoms in total. The summed E-state index contributed by atoms with van der Waals surface area (Å²) in [7, 11) is 1.75. The van der Waals surface area contributed by atoms with Gasteiger partial charge in [0.1, 0.15) is 0 Å². The summed E-state index contributed by atoms with van der Waals surface area (Å²) in [6.07, 6.45) is 7.64. The molecule has 108 valence electrons. The van der Waals surface area contributed by atoms with Crippen molar-refractivity contribution in [1.29, 1.82) is 0 Å². The van der Waals surface area contributed by atoms with Crippen molar-refractivity contribution >= 4 is 45.9 Å². The summed E-state index contributed by atoms with van der Waals surface area (Å²) in [5, 5.41) is 6.43. The average Bonchev–Trinajstić information content (AvgIpc) is 3.20. The van der Waals surface area contributed by atoms with Crippen molar-refractivity contribution in [3.8, 4) is 12.3 Å². The van der Waals surface area contributed by atoms with Gasteiger partial charge in [0, 0.05) is 23.5 Å². The number of nitrogens with zero attached hydrogens (tertiary/aromatic N) is 1. The van der Waals surface area contributed by atoms with E-state index in [0.29, 0.717) is 6.54 Å². The molecule has 0 radical (unpaired) electrons. The Hall–Kier alpha value is -0.740. The highest BCUT2D eigenvalue weighted by Gasteiger charge is 2.45. The average molecular weight is 448 g/mol. The minimum Gasteiger partial charge on any atom is -0.355 e. The molecule has 2 N–H and O–H groups in total. The van der Waals surface area contributed by atoms with Gasteiger partial charge in [-0.15, -0.1) is 30.4 Å². The maximum atomic E-state index is 5.24. The van der Waals surface area contributed by atoms with Gasteiger partial charge < -0.3 is 10.6 Å². The predicted octanol–water partition coefficient (Wildman–Crippen LogP) is 2.90. The molecule has 1 aromatic rings. The second kappa shape index (κ2) is 7.89. The van der Waals surface area contributed by atoms with Crippen molar-refractivity contribution in [3.63, 3.8) is 0 Å². The van der Waals surface area contributed by atoms with E-state index in [1.807, 2.05) is 6.07 Å². The molecule has 0 amide bonds. The first kappa shape index (κ1) is 17.3. The SMILES string of the molecule is C#CCNC(=NC)NCC1(c2ccccc2Br)CC1.I. The van der Waals surface area contributed by atoms with Crippen LogP contribution in [0.15, 0.2) is 33.7 Å². The fourth-order valence-electron chi connectivity index (χ4n) is 2.19. The second-order valence-electron chi connectivity index (χ2n) is 4.74. The van der Waals surface area contributed by atoms with Gasteiger partial charge >= 0.3 is 0 Å². The van der Waals surface area contributed by atoms with Crippen LogP contribution in [0.1, 0.15) is 18.4 Å². The number of rotatable bonds is 4. The third-order valence-electron chi connectivity index (χ3n) is 3.47. The predicted molar refractivity (Wildman–Crippen MR) is 98.7 cm³/mol. The third kappa shape index (κ3) is 4.13. The van der Waals surface area contributed by atoms with Gasteiger partial charge in [-0.1, -0.05) is 40.0 Å². The van der Waals surface area contributed by atoms with Gasteiger partial charge in [-0.2, -0.15) is 0 Å². The Morgan fingerprint density at radius 2 is 2.10 bits per heavy atom. The number of hydrogen-bond donors (Lipinski definition) is 2. The molecule has 0 atom stereocenters. The van der Waals surface area contributed by atoms with Gasteiger partial charge in [0.2, 0.25) is 0 Å². The highest BCUT2D eigenvalue weighted by atomic mass is 127. The van der Waals surface area contributed by atoms with Crippen molar-refractivity contribution in [2.75, 3.05) is 20.1 Å². The molecule has 1 aliphatic rings. The van der Waals surface area contributed by atoms with Crippen LogP contribution >= 0.6 is 39.9 Å². The maximum absolute atomic E-state index is 5.24. The number of nitrogens with one attached hydrogen (secondary N) is 2. The molecule has 1 aromatic carbocycles. The van der Waals surface area contributed by atoms with E-state index in [9.17, 15) is 0 Å². The normalized spacial score (nSPS) is 15.8. The summed E-state index contributed by atoms with van der Waals surface area (Å²) < 4.78 is 1.18. The Balaban J connectivity index is 0.00000200. The molecular weight excluding hydrogens is 429 g/mol. The minimum absolute atomic E-state index is 0. The van der Waals surface area contributed by atoms with Crippen molar-refractivity contribution in [3.05, 3.63) is 34.3 Å². The summed E-state index contributed by atoms with van der Waals surface area (Å²) in [5.74, 6) is 3.31. The monoisotopic (exact) mass is 447 g/mol. The summed E-state index contributed by atoms with van der Waals surface area (Å²) >= 11 is 3.64. The molecule has 1 aliphatic carbocycles. The largest absolute Gasteiger partial charge is 0.355 e. The molecule has 1 fully saturated rings. The van der Waals surface area contributed by atoms with Crippen LogP contribution in [0.5, 0.6) is 0 Å². The fourth-order valence-corrected chi connectivity index (χ4v) is 2.90. The Bertz CT molecular complexity index is 518. The Kier molecular flexibility index (Phi) is 6.83. The number of hydrogen-bond acceptors (Lipinski definition) is 1. The van der Waals surface area contributed by atoms with Crippen LogP contribution in [0.4, 0.5) is 0 Å². The molecule has 20 heavy (non-hydrogen) atoms. The van der Waals surface area contributed by atoms with Crippen LogP contribution in [0.2, 0.25) is 0 Å². The zero-order valence-corrected chi connectivity index (χ0v) is 15.4. The van der Waals surface area contributed by atoms with Gasteiger partial charge in [0.05, 0.1) is 6.54 Å². The number of benzene rings is 1. The topological polar surface area (TPSA) is 36.4 Å².